The molecule has 0 unspecified atom stereocenters. The van der Waals surface area contributed by atoms with Crippen LogP contribution < -0.4 is 0 Å². The van der Waals surface area contributed by atoms with Gasteiger partial charge in [0.25, 0.3) is 0 Å². The van der Waals surface area contributed by atoms with E-state index in [0.29, 0.717) is 16.7 Å². The van der Waals surface area contributed by atoms with Gasteiger partial charge in [-0.2, -0.15) is 13.2 Å². The Hall–Kier alpha value is -2.89. The molecule has 0 aliphatic carbocycles. The summed E-state index contributed by atoms with van der Waals surface area (Å²) in [5.41, 5.74) is 0.0282. The molecule has 0 heterocycles. The molecule has 0 saturated carbocycles. The fraction of sp³-hybridized carbons (Fsp3) is 0.286. The Balaban J connectivity index is 2.08. The zero-order valence-electron chi connectivity index (χ0n) is 19.0. The van der Waals surface area contributed by atoms with E-state index in [2.05, 4.69) is 0 Å². The van der Waals surface area contributed by atoms with Gasteiger partial charge >= 0.3 is 6.18 Å². The first-order chi connectivity index (χ1) is 15.5. The lowest BCUT2D eigenvalue weighted by molar-refractivity contribution is -0.250. The average molecular weight is 455 g/mol. The van der Waals surface area contributed by atoms with Crippen molar-refractivity contribution in [2.24, 2.45) is 0 Å². The average Bonchev–Trinajstić information content (AvgIpc) is 2.75. The highest BCUT2D eigenvalue weighted by Gasteiger charge is 2.57. The van der Waals surface area contributed by atoms with Crippen LogP contribution in [-0.4, -0.2) is 16.4 Å². The minimum absolute atomic E-state index is 0.0330. The Bertz CT molecular complexity index is 1130. The summed E-state index contributed by atoms with van der Waals surface area (Å²) in [6.07, 6.45) is -4.63. The van der Waals surface area contributed by atoms with Crippen molar-refractivity contribution in [3.05, 3.63) is 112 Å². The van der Waals surface area contributed by atoms with Gasteiger partial charge in [-0.15, -0.1) is 0 Å². The molecular formula is C28H29F3O2. The SMILES string of the molecule is Cc1cccc(/C=C(\CC[C@@H](O)c2cccc(C)c2)[C@](O)(c2cccc(C)c2)C(F)(F)F)c1. The first kappa shape index (κ1) is 24.7. The molecule has 0 spiro atoms. The maximum Gasteiger partial charge on any atom is 0.425 e. The van der Waals surface area contributed by atoms with E-state index in [4.69, 9.17) is 0 Å². The van der Waals surface area contributed by atoms with Crippen LogP contribution in [0.4, 0.5) is 13.2 Å². The summed E-state index contributed by atoms with van der Waals surface area (Å²) in [6, 6.07) is 20.2. The van der Waals surface area contributed by atoms with Crippen LogP contribution >= 0.6 is 0 Å². The van der Waals surface area contributed by atoms with Gasteiger partial charge < -0.3 is 10.2 Å². The zero-order valence-corrected chi connectivity index (χ0v) is 19.0. The number of aryl methyl sites for hydroxylation is 3. The molecule has 0 fully saturated rings. The summed E-state index contributed by atoms with van der Waals surface area (Å²) in [7, 11) is 0. The standard InChI is InChI=1S/C28H29F3O2/c1-19-7-4-10-22(15-19)18-25(13-14-26(32)23-11-5-8-20(2)16-23)27(33,28(29,30)31)24-12-6-9-21(3)17-24/h4-12,15-18,26,32-33H,13-14H2,1-3H3/b25-18+/t26-,27-/m1/s1. The Morgan fingerprint density at radius 2 is 1.42 bits per heavy atom. The first-order valence-corrected chi connectivity index (χ1v) is 10.9. The van der Waals surface area contributed by atoms with E-state index < -0.39 is 17.9 Å². The lowest BCUT2D eigenvalue weighted by Crippen LogP contribution is -2.44. The molecule has 174 valence electrons. The lowest BCUT2D eigenvalue weighted by atomic mass is 9.80. The molecule has 0 aliphatic rings. The number of rotatable bonds is 7. The van der Waals surface area contributed by atoms with Crippen molar-refractivity contribution < 1.29 is 23.4 Å². The topological polar surface area (TPSA) is 40.5 Å². The molecular weight excluding hydrogens is 425 g/mol. The van der Waals surface area contributed by atoms with Crippen molar-refractivity contribution in [1.29, 1.82) is 0 Å². The molecule has 2 nitrogen and oxygen atoms in total. The highest BCUT2D eigenvalue weighted by molar-refractivity contribution is 5.58. The molecule has 0 radical (unpaired) electrons. The Kier molecular flexibility index (Phi) is 7.45. The predicted octanol–water partition coefficient (Wildman–Crippen LogP) is 6.96. The molecule has 0 saturated heterocycles. The minimum Gasteiger partial charge on any atom is -0.388 e. The third-order valence-electron chi connectivity index (χ3n) is 5.81. The number of hydrogen-bond acceptors (Lipinski definition) is 2. The van der Waals surface area contributed by atoms with Gasteiger partial charge in [-0.1, -0.05) is 95.6 Å². The van der Waals surface area contributed by atoms with Gasteiger partial charge in [0.05, 0.1) is 6.10 Å². The summed E-state index contributed by atoms with van der Waals surface area (Å²) >= 11 is 0. The Labute approximate surface area is 193 Å². The van der Waals surface area contributed by atoms with Crippen molar-refractivity contribution in [3.63, 3.8) is 0 Å². The summed E-state index contributed by atoms with van der Waals surface area (Å²) in [5, 5.41) is 22.0. The van der Waals surface area contributed by atoms with Crippen molar-refractivity contribution in [2.75, 3.05) is 0 Å². The second kappa shape index (κ2) is 9.94. The second-order valence-electron chi connectivity index (χ2n) is 8.63. The molecule has 3 aromatic rings. The highest BCUT2D eigenvalue weighted by atomic mass is 19.4. The minimum atomic E-state index is -4.95. The van der Waals surface area contributed by atoms with Crippen LogP contribution in [0.2, 0.25) is 0 Å². The molecule has 2 N–H and O–H groups in total. The monoisotopic (exact) mass is 454 g/mol. The Morgan fingerprint density at radius 1 is 0.848 bits per heavy atom. The van der Waals surface area contributed by atoms with Gasteiger partial charge in [0, 0.05) is 0 Å². The number of aliphatic hydroxyl groups is 2. The molecule has 2 atom stereocenters. The second-order valence-corrected chi connectivity index (χ2v) is 8.63. The van der Waals surface area contributed by atoms with E-state index >= 15 is 0 Å². The third-order valence-corrected chi connectivity index (χ3v) is 5.81. The first-order valence-electron chi connectivity index (χ1n) is 10.9. The van der Waals surface area contributed by atoms with E-state index in [9.17, 15) is 23.4 Å². The number of hydrogen-bond donors (Lipinski definition) is 2. The van der Waals surface area contributed by atoms with E-state index in [-0.39, 0.29) is 24.0 Å². The van der Waals surface area contributed by atoms with Crippen molar-refractivity contribution in [1.82, 2.24) is 0 Å². The quantitative estimate of drug-likeness (QED) is 0.405. The van der Waals surface area contributed by atoms with Gasteiger partial charge in [-0.05, 0) is 55.9 Å². The molecule has 0 amide bonds. The molecule has 0 aromatic heterocycles. The van der Waals surface area contributed by atoms with Crippen molar-refractivity contribution >= 4 is 6.08 Å². The zero-order chi connectivity index (χ0) is 24.2. The third kappa shape index (κ3) is 5.73. The molecule has 3 aromatic carbocycles. The molecule has 3 rings (SSSR count). The molecule has 5 heteroatoms. The number of halogens is 3. The van der Waals surface area contributed by atoms with Crippen LogP contribution in [0.15, 0.2) is 78.4 Å². The summed E-state index contributed by atoms with van der Waals surface area (Å²) in [6.45, 7) is 5.43. The van der Waals surface area contributed by atoms with Gasteiger partial charge in [-0.25, -0.2) is 0 Å². The van der Waals surface area contributed by atoms with Crippen LogP contribution in [0.3, 0.4) is 0 Å². The number of aliphatic hydroxyl groups excluding tert-OH is 1. The van der Waals surface area contributed by atoms with E-state index in [1.807, 2.05) is 32.0 Å². The fourth-order valence-electron chi connectivity index (χ4n) is 4.06. The maximum absolute atomic E-state index is 14.5. The van der Waals surface area contributed by atoms with Gasteiger partial charge in [0.2, 0.25) is 5.60 Å². The largest absolute Gasteiger partial charge is 0.425 e. The van der Waals surface area contributed by atoms with E-state index in [1.54, 1.807) is 43.3 Å². The van der Waals surface area contributed by atoms with Crippen molar-refractivity contribution in [3.8, 4) is 0 Å². The number of benzene rings is 3. The van der Waals surface area contributed by atoms with Gasteiger partial charge in [0.15, 0.2) is 0 Å². The van der Waals surface area contributed by atoms with E-state index in [1.165, 1.54) is 24.3 Å². The van der Waals surface area contributed by atoms with Crippen LogP contribution in [0.5, 0.6) is 0 Å². The smallest absolute Gasteiger partial charge is 0.388 e. The fourth-order valence-corrected chi connectivity index (χ4v) is 4.06. The molecule has 33 heavy (non-hydrogen) atoms. The highest BCUT2D eigenvalue weighted by Crippen LogP contribution is 2.47. The van der Waals surface area contributed by atoms with Crippen LogP contribution in [-0.2, 0) is 5.60 Å². The summed E-state index contributed by atoms with van der Waals surface area (Å²) in [5.74, 6) is 0. The lowest BCUT2D eigenvalue weighted by Gasteiger charge is -2.34. The summed E-state index contributed by atoms with van der Waals surface area (Å²) < 4.78 is 43.5. The maximum atomic E-state index is 14.5. The normalized spacial score (nSPS) is 15.2. The molecule has 0 bridgehead atoms. The summed E-state index contributed by atoms with van der Waals surface area (Å²) in [4.78, 5) is 0. The Morgan fingerprint density at radius 3 is 2.00 bits per heavy atom. The van der Waals surface area contributed by atoms with Gasteiger partial charge in [-0.3, -0.25) is 0 Å². The van der Waals surface area contributed by atoms with Crippen LogP contribution in [0.25, 0.3) is 6.08 Å². The molecule has 0 aliphatic heterocycles. The van der Waals surface area contributed by atoms with Crippen LogP contribution in [0.1, 0.15) is 52.3 Å². The van der Waals surface area contributed by atoms with Crippen LogP contribution in [0, 0.1) is 20.8 Å². The van der Waals surface area contributed by atoms with Gasteiger partial charge in [0.1, 0.15) is 0 Å². The van der Waals surface area contributed by atoms with Crippen molar-refractivity contribution in [2.45, 2.75) is 51.5 Å². The number of alkyl halides is 3. The van der Waals surface area contributed by atoms with E-state index in [0.717, 1.165) is 11.1 Å². The predicted molar refractivity (Wildman–Crippen MR) is 126 cm³/mol.